The molecular formula is C12H24N2O. The molecule has 2 aliphatic heterocycles. The third-order valence-corrected chi connectivity index (χ3v) is 3.82. The van der Waals surface area contributed by atoms with Gasteiger partial charge in [0, 0.05) is 19.6 Å². The fourth-order valence-corrected chi connectivity index (χ4v) is 3.22. The lowest BCUT2D eigenvalue weighted by atomic mass is 9.74. The second-order valence-corrected chi connectivity index (χ2v) is 5.47. The van der Waals surface area contributed by atoms with Gasteiger partial charge in [-0.05, 0) is 51.1 Å². The molecule has 0 bridgehead atoms. The van der Waals surface area contributed by atoms with Crippen molar-refractivity contribution >= 4 is 0 Å². The van der Waals surface area contributed by atoms with Crippen LogP contribution in [-0.4, -0.2) is 48.8 Å². The first-order valence-electron chi connectivity index (χ1n) is 6.31. The fraction of sp³-hybridized carbons (Fsp3) is 1.00. The molecule has 0 aromatic heterocycles. The molecule has 2 N–H and O–H groups in total. The second-order valence-electron chi connectivity index (χ2n) is 5.47. The summed E-state index contributed by atoms with van der Waals surface area (Å²) in [5, 5.41) is 13.0. The standard InChI is InChI=1S/C12H24N2O/c1-11(15)8-14-7-3-5-12(10-14)4-2-6-13-9-12/h11,13,15H,2-10H2,1H3. The van der Waals surface area contributed by atoms with Crippen molar-refractivity contribution in [2.24, 2.45) is 5.41 Å². The van der Waals surface area contributed by atoms with Gasteiger partial charge in [-0.2, -0.15) is 0 Å². The molecule has 0 aromatic carbocycles. The molecule has 15 heavy (non-hydrogen) atoms. The molecule has 3 heteroatoms. The van der Waals surface area contributed by atoms with Crippen LogP contribution in [-0.2, 0) is 0 Å². The van der Waals surface area contributed by atoms with E-state index in [4.69, 9.17) is 0 Å². The Bertz CT molecular complexity index is 194. The number of rotatable bonds is 2. The summed E-state index contributed by atoms with van der Waals surface area (Å²) in [6, 6.07) is 0. The van der Waals surface area contributed by atoms with Gasteiger partial charge < -0.3 is 15.3 Å². The molecule has 2 heterocycles. The highest BCUT2D eigenvalue weighted by atomic mass is 16.3. The van der Waals surface area contributed by atoms with Gasteiger partial charge in [-0.25, -0.2) is 0 Å². The largest absolute Gasteiger partial charge is 0.392 e. The van der Waals surface area contributed by atoms with Crippen molar-refractivity contribution in [3.8, 4) is 0 Å². The number of β-amino-alcohol motifs (C(OH)–C–C–N with tert-alkyl or cyclic N) is 1. The van der Waals surface area contributed by atoms with Gasteiger partial charge in [0.15, 0.2) is 0 Å². The van der Waals surface area contributed by atoms with Crippen LogP contribution in [0.25, 0.3) is 0 Å². The van der Waals surface area contributed by atoms with Crippen LogP contribution in [0.15, 0.2) is 0 Å². The normalized spacial score (nSPS) is 35.6. The average molecular weight is 212 g/mol. The molecule has 2 saturated heterocycles. The van der Waals surface area contributed by atoms with Gasteiger partial charge in [-0.3, -0.25) is 0 Å². The van der Waals surface area contributed by atoms with Crippen molar-refractivity contribution in [3.63, 3.8) is 0 Å². The molecule has 0 radical (unpaired) electrons. The highest BCUT2D eigenvalue weighted by Gasteiger charge is 2.36. The van der Waals surface area contributed by atoms with E-state index >= 15 is 0 Å². The van der Waals surface area contributed by atoms with E-state index in [9.17, 15) is 5.11 Å². The number of aliphatic hydroxyl groups excluding tert-OH is 1. The summed E-state index contributed by atoms with van der Waals surface area (Å²) < 4.78 is 0. The van der Waals surface area contributed by atoms with Crippen LogP contribution < -0.4 is 5.32 Å². The van der Waals surface area contributed by atoms with Crippen molar-refractivity contribution in [1.82, 2.24) is 10.2 Å². The third kappa shape index (κ3) is 2.92. The smallest absolute Gasteiger partial charge is 0.0639 e. The number of hydrogen-bond donors (Lipinski definition) is 2. The highest BCUT2D eigenvalue weighted by Crippen LogP contribution is 2.35. The number of nitrogens with zero attached hydrogens (tertiary/aromatic N) is 1. The minimum absolute atomic E-state index is 0.184. The fourth-order valence-electron chi connectivity index (χ4n) is 3.22. The quantitative estimate of drug-likeness (QED) is 0.712. The summed E-state index contributed by atoms with van der Waals surface area (Å²) >= 11 is 0. The lowest BCUT2D eigenvalue weighted by Gasteiger charge is -2.45. The van der Waals surface area contributed by atoms with Crippen LogP contribution in [0.5, 0.6) is 0 Å². The molecule has 2 fully saturated rings. The summed E-state index contributed by atoms with van der Waals surface area (Å²) in [5.41, 5.74) is 0.519. The predicted octanol–water partition coefficient (Wildman–Crippen LogP) is 0.833. The van der Waals surface area contributed by atoms with E-state index in [1.165, 1.54) is 51.9 Å². The van der Waals surface area contributed by atoms with Crippen molar-refractivity contribution < 1.29 is 5.11 Å². The first-order valence-corrected chi connectivity index (χ1v) is 6.31. The van der Waals surface area contributed by atoms with E-state index in [-0.39, 0.29) is 6.10 Å². The van der Waals surface area contributed by atoms with Crippen LogP contribution in [0.2, 0.25) is 0 Å². The summed E-state index contributed by atoms with van der Waals surface area (Å²) in [6.07, 6.45) is 5.18. The zero-order valence-corrected chi connectivity index (χ0v) is 9.84. The Morgan fingerprint density at radius 3 is 2.87 bits per heavy atom. The zero-order chi connectivity index (χ0) is 10.7. The van der Waals surface area contributed by atoms with Crippen molar-refractivity contribution in [2.75, 3.05) is 32.7 Å². The third-order valence-electron chi connectivity index (χ3n) is 3.82. The summed E-state index contributed by atoms with van der Waals surface area (Å²) in [4.78, 5) is 2.45. The van der Waals surface area contributed by atoms with Crippen molar-refractivity contribution in [2.45, 2.75) is 38.7 Å². The summed E-state index contributed by atoms with van der Waals surface area (Å²) in [6.45, 7) is 7.47. The first kappa shape index (κ1) is 11.4. The Hall–Kier alpha value is -0.120. The molecule has 0 saturated carbocycles. The van der Waals surface area contributed by atoms with E-state index in [1.807, 2.05) is 6.92 Å². The van der Waals surface area contributed by atoms with Gasteiger partial charge in [-0.1, -0.05) is 0 Å². The van der Waals surface area contributed by atoms with Crippen LogP contribution in [0.3, 0.4) is 0 Å². The molecule has 0 aliphatic carbocycles. The van der Waals surface area contributed by atoms with Gasteiger partial charge in [0.2, 0.25) is 0 Å². The van der Waals surface area contributed by atoms with E-state index in [0.29, 0.717) is 5.41 Å². The Morgan fingerprint density at radius 1 is 1.40 bits per heavy atom. The van der Waals surface area contributed by atoms with Gasteiger partial charge >= 0.3 is 0 Å². The molecule has 2 rings (SSSR count). The molecule has 0 aromatic rings. The lowest BCUT2D eigenvalue weighted by molar-refractivity contribution is 0.0362. The first-order chi connectivity index (χ1) is 7.20. The Morgan fingerprint density at radius 2 is 2.20 bits per heavy atom. The number of piperidine rings is 2. The van der Waals surface area contributed by atoms with Crippen LogP contribution in [0.1, 0.15) is 32.6 Å². The minimum atomic E-state index is -0.184. The van der Waals surface area contributed by atoms with Gasteiger partial charge in [0.1, 0.15) is 0 Å². The van der Waals surface area contributed by atoms with E-state index < -0.39 is 0 Å². The highest BCUT2D eigenvalue weighted by molar-refractivity contribution is 4.91. The lowest BCUT2D eigenvalue weighted by Crippen LogP contribution is -2.52. The maximum atomic E-state index is 9.43. The van der Waals surface area contributed by atoms with Crippen LogP contribution in [0, 0.1) is 5.41 Å². The molecule has 2 atom stereocenters. The predicted molar refractivity (Wildman–Crippen MR) is 61.9 cm³/mol. The summed E-state index contributed by atoms with van der Waals surface area (Å²) in [7, 11) is 0. The maximum absolute atomic E-state index is 9.43. The SMILES string of the molecule is CC(O)CN1CCCC2(CCCNC2)C1. The molecule has 1 spiro atoms. The number of aliphatic hydroxyl groups is 1. The number of hydrogen-bond acceptors (Lipinski definition) is 3. The number of likely N-dealkylation sites (tertiary alicyclic amines) is 1. The minimum Gasteiger partial charge on any atom is -0.392 e. The molecule has 3 nitrogen and oxygen atoms in total. The molecule has 88 valence electrons. The van der Waals surface area contributed by atoms with E-state index in [2.05, 4.69) is 10.2 Å². The van der Waals surface area contributed by atoms with Crippen LogP contribution in [0.4, 0.5) is 0 Å². The molecule has 0 amide bonds. The van der Waals surface area contributed by atoms with Gasteiger partial charge in [0.05, 0.1) is 6.10 Å². The average Bonchev–Trinajstić information content (AvgIpc) is 2.17. The van der Waals surface area contributed by atoms with E-state index in [0.717, 1.165) is 6.54 Å². The Balaban J connectivity index is 1.90. The molecule has 2 unspecified atom stereocenters. The monoisotopic (exact) mass is 212 g/mol. The Kier molecular flexibility index (Phi) is 3.65. The van der Waals surface area contributed by atoms with Gasteiger partial charge in [0.25, 0.3) is 0 Å². The molecular weight excluding hydrogens is 188 g/mol. The Labute approximate surface area is 92.8 Å². The second kappa shape index (κ2) is 4.81. The molecule has 2 aliphatic rings. The maximum Gasteiger partial charge on any atom is 0.0639 e. The topological polar surface area (TPSA) is 35.5 Å². The van der Waals surface area contributed by atoms with E-state index in [1.54, 1.807) is 0 Å². The van der Waals surface area contributed by atoms with Crippen molar-refractivity contribution in [1.29, 1.82) is 0 Å². The van der Waals surface area contributed by atoms with Gasteiger partial charge in [-0.15, -0.1) is 0 Å². The summed E-state index contributed by atoms with van der Waals surface area (Å²) in [5.74, 6) is 0. The zero-order valence-electron chi connectivity index (χ0n) is 9.84. The number of nitrogens with one attached hydrogen (secondary N) is 1. The van der Waals surface area contributed by atoms with Crippen molar-refractivity contribution in [3.05, 3.63) is 0 Å². The van der Waals surface area contributed by atoms with Crippen LogP contribution >= 0.6 is 0 Å².